The smallest absolute Gasteiger partial charge is 0.272 e. The molecule has 0 radical (unpaired) electrons. The minimum Gasteiger partial charge on any atom is -0.381 e. The molecule has 3 atom stereocenters. The molecule has 6 heterocycles. The van der Waals surface area contributed by atoms with Gasteiger partial charge in [0, 0.05) is 64.6 Å². The maximum Gasteiger partial charge on any atom is 0.272 e. The molecule has 2 aromatic heterocycles. The zero-order chi connectivity index (χ0) is 37.6. The second-order valence-electron chi connectivity index (χ2n) is 15.0. The van der Waals surface area contributed by atoms with E-state index in [2.05, 4.69) is 81.0 Å². The van der Waals surface area contributed by atoms with Crippen LogP contribution in [0.25, 0.3) is 22.2 Å². The molecule has 0 spiro atoms. The first-order valence-electron chi connectivity index (χ1n) is 19.1. The maximum atomic E-state index is 14.8. The van der Waals surface area contributed by atoms with E-state index in [9.17, 15) is 9.59 Å². The highest BCUT2D eigenvalue weighted by Crippen LogP contribution is 2.53. The molecule has 4 aliphatic heterocycles. The van der Waals surface area contributed by atoms with E-state index in [1.807, 2.05) is 42.5 Å². The summed E-state index contributed by atoms with van der Waals surface area (Å²) in [7, 11) is 0. The van der Waals surface area contributed by atoms with Crippen molar-refractivity contribution in [2.45, 2.75) is 44.7 Å². The third-order valence-electron chi connectivity index (χ3n) is 11.4. The zero-order valence-electron chi connectivity index (χ0n) is 30.5. The van der Waals surface area contributed by atoms with Crippen molar-refractivity contribution in [1.82, 2.24) is 20.2 Å². The number of carbonyl (C=O) groups excluding carboxylic acids is 2. The fraction of sp³-hybridized carbons (Fsp3) is 0.295. The quantitative estimate of drug-likeness (QED) is 0.153. The summed E-state index contributed by atoms with van der Waals surface area (Å²) in [5, 5.41) is 8.71. The van der Waals surface area contributed by atoms with Gasteiger partial charge in [-0.05, 0) is 90.3 Å². The molecule has 0 aliphatic carbocycles. The van der Waals surface area contributed by atoms with Crippen LogP contribution in [0.2, 0.25) is 10.0 Å². The van der Waals surface area contributed by atoms with Crippen LogP contribution in [0.4, 0.5) is 11.5 Å². The summed E-state index contributed by atoms with van der Waals surface area (Å²) in [6.07, 6.45) is 9.32. The number of benzene rings is 3. The number of fused-ring (bicyclic) bond motifs is 2. The Morgan fingerprint density at radius 2 is 1.75 bits per heavy atom. The van der Waals surface area contributed by atoms with Gasteiger partial charge in [0.25, 0.3) is 5.91 Å². The number of H-pyrrole nitrogens is 1. The average Bonchev–Trinajstić information content (AvgIpc) is 3.84. The third-order valence-corrected chi connectivity index (χ3v) is 11.9. The Balaban J connectivity index is 1.12. The number of allylic oxidation sites excluding steroid dienone is 2. The third kappa shape index (κ3) is 6.68. The largest absolute Gasteiger partial charge is 0.381 e. The number of ether oxygens (including phenoxy) is 1. The average molecular weight is 774 g/mol. The SMILES string of the molecule is CC1CC=CN2C(=C1c1ccccc1)c1c(C(=O)Nc3cccnc3N3CCC(NC(=O)C4CCOC4)CC3)[nH]c3cc(Cl)cc(c13)C2c1ccc(Cl)cc1. The van der Waals surface area contributed by atoms with E-state index in [0.717, 1.165) is 70.1 Å². The standard InChI is InChI=1S/C44H42Cl2N6O3/c1-26-7-6-19-52-40(28-11-13-30(45)14-12-28)33-23-31(46)24-35-37(33)38(41(52)36(26)27-8-3-2-4-9-27)39(49-35)44(54)50-34-10-5-18-47-42(34)51-20-15-32(16-21-51)48-43(53)29-17-22-55-25-29/h2-6,8-14,18-19,23-24,26,29,32,40,49H,7,15-17,20-22,25H2,1H3,(H,48,53)(H,50,54). The number of pyridine rings is 1. The maximum absolute atomic E-state index is 14.8. The summed E-state index contributed by atoms with van der Waals surface area (Å²) in [6, 6.07) is 26.0. The molecule has 2 saturated heterocycles. The van der Waals surface area contributed by atoms with Crippen LogP contribution in [0.1, 0.15) is 71.4 Å². The van der Waals surface area contributed by atoms with Gasteiger partial charge in [-0.2, -0.15) is 0 Å². The zero-order valence-corrected chi connectivity index (χ0v) is 32.0. The molecular formula is C44H42Cl2N6O3. The first kappa shape index (κ1) is 35.6. The number of aromatic nitrogens is 2. The van der Waals surface area contributed by atoms with Gasteiger partial charge in [0.2, 0.25) is 5.91 Å². The van der Waals surface area contributed by atoms with Gasteiger partial charge in [-0.3, -0.25) is 9.59 Å². The number of nitrogens with one attached hydrogen (secondary N) is 3. The molecule has 55 heavy (non-hydrogen) atoms. The predicted molar refractivity (Wildman–Crippen MR) is 219 cm³/mol. The van der Waals surface area contributed by atoms with E-state index in [1.54, 1.807) is 6.20 Å². The van der Waals surface area contributed by atoms with Crippen LogP contribution in [0.3, 0.4) is 0 Å². The number of nitrogens with zero attached hydrogens (tertiary/aromatic N) is 3. The molecule has 3 unspecified atom stereocenters. The first-order chi connectivity index (χ1) is 26.8. The normalized spacial score (nSPS) is 21.1. The lowest BCUT2D eigenvalue weighted by molar-refractivity contribution is -0.125. The molecule has 0 bridgehead atoms. The Hall–Kier alpha value is -5.09. The molecule has 0 saturated carbocycles. The number of rotatable bonds is 7. The number of hydrogen-bond donors (Lipinski definition) is 3. The molecule has 11 heteroatoms. The van der Waals surface area contributed by atoms with E-state index in [-0.39, 0.29) is 35.7 Å². The lowest BCUT2D eigenvalue weighted by Crippen LogP contribution is -2.46. The molecule has 3 N–H and O–H groups in total. The predicted octanol–water partition coefficient (Wildman–Crippen LogP) is 9.07. The molecule has 9 rings (SSSR count). The second-order valence-corrected chi connectivity index (χ2v) is 15.8. The van der Waals surface area contributed by atoms with Gasteiger partial charge in [-0.25, -0.2) is 4.98 Å². The highest BCUT2D eigenvalue weighted by atomic mass is 35.5. The first-order valence-corrected chi connectivity index (χ1v) is 19.8. The van der Waals surface area contributed by atoms with Crippen LogP contribution in [-0.2, 0) is 9.53 Å². The Labute approximate surface area is 330 Å². The van der Waals surface area contributed by atoms with Crippen LogP contribution < -0.4 is 15.5 Å². The minimum absolute atomic E-state index is 0.0650. The molecule has 5 aromatic rings. The van der Waals surface area contributed by atoms with Crippen molar-refractivity contribution in [1.29, 1.82) is 0 Å². The molecule has 4 aliphatic rings. The van der Waals surface area contributed by atoms with Crippen LogP contribution in [0.5, 0.6) is 0 Å². The van der Waals surface area contributed by atoms with E-state index in [1.165, 1.54) is 0 Å². The van der Waals surface area contributed by atoms with Crippen molar-refractivity contribution < 1.29 is 14.3 Å². The monoisotopic (exact) mass is 772 g/mol. The fourth-order valence-corrected chi connectivity index (χ4v) is 9.13. The summed E-state index contributed by atoms with van der Waals surface area (Å²) >= 11 is 13.3. The van der Waals surface area contributed by atoms with E-state index >= 15 is 0 Å². The van der Waals surface area contributed by atoms with Crippen LogP contribution in [0, 0.1) is 11.8 Å². The summed E-state index contributed by atoms with van der Waals surface area (Å²) in [4.78, 5) is 40.4. The van der Waals surface area contributed by atoms with Crippen LogP contribution in [0.15, 0.2) is 97.3 Å². The van der Waals surface area contributed by atoms with Gasteiger partial charge in [-0.15, -0.1) is 0 Å². The lowest BCUT2D eigenvalue weighted by Gasteiger charge is -2.39. The lowest BCUT2D eigenvalue weighted by atomic mass is 9.82. The molecular weight excluding hydrogens is 731 g/mol. The number of piperidine rings is 1. The highest BCUT2D eigenvalue weighted by molar-refractivity contribution is 6.32. The number of aromatic amines is 1. The summed E-state index contributed by atoms with van der Waals surface area (Å²) in [6.45, 7) is 4.79. The summed E-state index contributed by atoms with van der Waals surface area (Å²) < 4.78 is 5.42. The van der Waals surface area contributed by atoms with Gasteiger partial charge in [0.05, 0.1) is 30.0 Å². The van der Waals surface area contributed by atoms with E-state index in [4.69, 9.17) is 32.9 Å². The topological polar surface area (TPSA) is 103 Å². The van der Waals surface area contributed by atoms with Gasteiger partial charge >= 0.3 is 0 Å². The molecule has 2 amide bonds. The fourth-order valence-electron chi connectivity index (χ4n) is 8.77. The number of carbonyl (C=O) groups is 2. The second kappa shape index (κ2) is 14.9. The molecule has 280 valence electrons. The van der Waals surface area contributed by atoms with Crippen molar-refractivity contribution in [2.24, 2.45) is 11.8 Å². The van der Waals surface area contributed by atoms with Crippen molar-refractivity contribution in [3.8, 4) is 0 Å². The number of amides is 2. The number of anilines is 2. The molecule has 9 nitrogen and oxygen atoms in total. The van der Waals surface area contributed by atoms with Crippen LogP contribution >= 0.6 is 23.2 Å². The van der Waals surface area contributed by atoms with Crippen molar-refractivity contribution in [3.63, 3.8) is 0 Å². The summed E-state index contributed by atoms with van der Waals surface area (Å²) in [5.74, 6) is 0.607. The van der Waals surface area contributed by atoms with E-state index < -0.39 is 0 Å². The van der Waals surface area contributed by atoms with Crippen molar-refractivity contribution in [3.05, 3.63) is 135 Å². The summed E-state index contributed by atoms with van der Waals surface area (Å²) in [5.41, 5.74) is 8.04. The Kier molecular flexibility index (Phi) is 9.62. The van der Waals surface area contributed by atoms with E-state index in [0.29, 0.717) is 53.5 Å². The van der Waals surface area contributed by atoms with Crippen molar-refractivity contribution in [2.75, 3.05) is 36.5 Å². The van der Waals surface area contributed by atoms with Gasteiger partial charge in [0.15, 0.2) is 5.82 Å². The Morgan fingerprint density at radius 3 is 2.51 bits per heavy atom. The number of halogens is 2. The number of hydrogen-bond acceptors (Lipinski definition) is 6. The van der Waals surface area contributed by atoms with Gasteiger partial charge in [-0.1, -0.05) is 78.7 Å². The van der Waals surface area contributed by atoms with Gasteiger partial charge < -0.3 is 30.2 Å². The minimum atomic E-state index is -0.269. The molecule has 3 aromatic carbocycles. The Bertz CT molecular complexity index is 2330. The van der Waals surface area contributed by atoms with Crippen LogP contribution in [-0.4, -0.2) is 59.0 Å². The Morgan fingerprint density at radius 1 is 0.945 bits per heavy atom. The van der Waals surface area contributed by atoms with Crippen molar-refractivity contribution >= 4 is 68.7 Å². The highest BCUT2D eigenvalue weighted by Gasteiger charge is 2.40. The van der Waals surface area contributed by atoms with Gasteiger partial charge in [0.1, 0.15) is 5.69 Å². The molecule has 2 fully saturated rings.